The van der Waals surface area contributed by atoms with E-state index in [0.29, 0.717) is 12.1 Å². The maximum Gasteiger partial charge on any atom is 0.153 e. The summed E-state index contributed by atoms with van der Waals surface area (Å²) in [6.07, 6.45) is -0.267. The summed E-state index contributed by atoms with van der Waals surface area (Å²) in [6.45, 7) is 2.37. The quantitative estimate of drug-likeness (QED) is 0.486. The number of nitrogens with zero attached hydrogens (tertiary/aromatic N) is 2. The molecule has 0 saturated carbocycles. The van der Waals surface area contributed by atoms with Crippen LogP contribution in [-0.2, 0) is 6.54 Å². The Morgan fingerprint density at radius 1 is 0.923 bits per heavy atom. The average Bonchev–Trinajstić information content (AvgIpc) is 3.03. The Kier molecular flexibility index (Phi) is 4.40. The fraction of sp³-hybridized carbons (Fsp3) is 0.136. The van der Waals surface area contributed by atoms with E-state index in [0.717, 1.165) is 22.6 Å². The number of aromatic nitrogens is 2. The van der Waals surface area contributed by atoms with Gasteiger partial charge in [0.2, 0.25) is 0 Å². The molecule has 26 heavy (non-hydrogen) atoms. The standard InChI is InChI=1S/C22H19FN2O/c1-16(26-18-10-3-2-4-11-18)22-24-20-13-7-8-14-21(20)25(22)15-17-9-5-6-12-19(17)23/h2-14,16H,15H2,1H3. The number of hydrogen-bond acceptors (Lipinski definition) is 2. The Bertz CT molecular complexity index is 1030. The molecule has 4 aromatic rings. The van der Waals surface area contributed by atoms with Crippen molar-refractivity contribution < 1.29 is 9.13 Å². The van der Waals surface area contributed by atoms with E-state index in [2.05, 4.69) is 0 Å². The molecule has 0 fully saturated rings. The molecule has 3 nitrogen and oxygen atoms in total. The Morgan fingerprint density at radius 2 is 1.62 bits per heavy atom. The third kappa shape index (κ3) is 3.18. The van der Waals surface area contributed by atoms with E-state index in [1.165, 1.54) is 6.07 Å². The fourth-order valence-corrected chi connectivity index (χ4v) is 3.12. The fourth-order valence-electron chi connectivity index (χ4n) is 3.12. The van der Waals surface area contributed by atoms with Gasteiger partial charge < -0.3 is 9.30 Å². The number of ether oxygens (including phenoxy) is 1. The van der Waals surface area contributed by atoms with Gasteiger partial charge in [0.05, 0.1) is 17.6 Å². The van der Waals surface area contributed by atoms with Crippen molar-refractivity contribution in [1.82, 2.24) is 9.55 Å². The second kappa shape index (κ2) is 7.00. The molecule has 0 aliphatic heterocycles. The number of hydrogen-bond donors (Lipinski definition) is 0. The van der Waals surface area contributed by atoms with Crippen molar-refractivity contribution in [2.75, 3.05) is 0 Å². The maximum absolute atomic E-state index is 14.2. The van der Waals surface area contributed by atoms with E-state index in [9.17, 15) is 4.39 Å². The summed E-state index contributed by atoms with van der Waals surface area (Å²) in [7, 11) is 0. The van der Waals surface area contributed by atoms with E-state index in [-0.39, 0.29) is 11.9 Å². The molecule has 1 atom stereocenters. The predicted molar refractivity (Wildman–Crippen MR) is 101 cm³/mol. The lowest BCUT2D eigenvalue weighted by Gasteiger charge is -2.17. The van der Waals surface area contributed by atoms with Crippen molar-refractivity contribution in [2.45, 2.75) is 19.6 Å². The Labute approximate surface area is 151 Å². The molecule has 0 aliphatic carbocycles. The van der Waals surface area contributed by atoms with Crippen LogP contribution >= 0.6 is 0 Å². The van der Waals surface area contributed by atoms with Gasteiger partial charge in [0.15, 0.2) is 11.9 Å². The minimum absolute atomic E-state index is 0.215. The van der Waals surface area contributed by atoms with Crippen LogP contribution < -0.4 is 4.74 Å². The van der Waals surface area contributed by atoms with E-state index in [4.69, 9.17) is 9.72 Å². The van der Waals surface area contributed by atoms with Crippen LogP contribution in [0.5, 0.6) is 5.75 Å². The summed E-state index contributed by atoms with van der Waals surface area (Å²) < 4.78 is 22.3. The topological polar surface area (TPSA) is 27.1 Å². The molecule has 0 saturated heterocycles. The smallest absolute Gasteiger partial charge is 0.153 e. The summed E-state index contributed by atoms with van der Waals surface area (Å²) in [6, 6.07) is 24.4. The van der Waals surface area contributed by atoms with Crippen molar-refractivity contribution in [1.29, 1.82) is 0 Å². The third-order valence-electron chi connectivity index (χ3n) is 4.39. The Hall–Kier alpha value is -3.14. The largest absolute Gasteiger partial charge is 0.483 e. The van der Waals surface area contributed by atoms with Gasteiger partial charge in [0.25, 0.3) is 0 Å². The molecule has 130 valence electrons. The van der Waals surface area contributed by atoms with Crippen LogP contribution in [0, 0.1) is 5.82 Å². The number of fused-ring (bicyclic) bond motifs is 1. The van der Waals surface area contributed by atoms with Crippen LogP contribution in [-0.4, -0.2) is 9.55 Å². The molecule has 0 N–H and O–H groups in total. The van der Waals surface area contributed by atoms with E-state index < -0.39 is 0 Å². The van der Waals surface area contributed by atoms with Crippen LogP contribution in [0.3, 0.4) is 0 Å². The molecule has 3 aromatic carbocycles. The van der Waals surface area contributed by atoms with Gasteiger partial charge in [-0.25, -0.2) is 9.37 Å². The number of imidazole rings is 1. The van der Waals surface area contributed by atoms with Crippen LogP contribution in [0.4, 0.5) is 4.39 Å². The lowest BCUT2D eigenvalue weighted by Crippen LogP contribution is -2.13. The summed E-state index contributed by atoms with van der Waals surface area (Å²) >= 11 is 0. The molecular weight excluding hydrogens is 327 g/mol. The van der Waals surface area contributed by atoms with Crippen LogP contribution in [0.1, 0.15) is 24.4 Å². The Morgan fingerprint density at radius 3 is 2.42 bits per heavy atom. The average molecular weight is 346 g/mol. The van der Waals surface area contributed by atoms with Crippen molar-refractivity contribution in [2.24, 2.45) is 0 Å². The zero-order chi connectivity index (χ0) is 17.9. The summed E-state index contributed by atoms with van der Waals surface area (Å²) in [5.41, 5.74) is 2.47. The SMILES string of the molecule is CC(Oc1ccccc1)c1nc2ccccc2n1Cc1ccccc1F. The van der Waals surface area contributed by atoms with Gasteiger partial charge in [-0.15, -0.1) is 0 Å². The monoisotopic (exact) mass is 346 g/mol. The molecule has 1 unspecified atom stereocenters. The lowest BCUT2D eigenvalue weighted by atomic mass is 10.2. The lowest BCUT2D eigenvalue weighted by molar-refractivity contribution is 0.212. The zero-order valence-electron chi connectivity index (χ0n) is 14.5. The van der Waals surface area contributed by atoms with Crippen LogP contribution in [0.15, 0.2) is 78.9 Å². The maximum atomic E-state index is 14.2. The van der Waals surface area contributed by atoms with Gasteiger partial charge in [-0.3, -0.25) is 0 Å². The highest BCUT2D eigenvalue weighted by atomic mass is 19.1. The van der Waals surface area contributed by atoms with Gasteiger partial charge in [-0.2, -0.15) is 0 Å². The first-order chi connectivity index (χ1) is 12.7. The molecule has 0 amide bonds. The first-order valence-electron chi connectivity index (χ1n) is 8.62. The zero-order valence-corrected chi connectivity index (χ0v) is 14.5. The highest BCUT2D eigenvalue weighted by Gasteiger charge is 2.19. The molecular formula is C22H19FN2O. The van der Waals surface area contributed by atoms with Gasteiger partial charge >= 0.3 is 0 Å². The van der Waals surface area contributed by atoms with Gasteiger partial charge in [0, 0.05) is 5.56 Å². The van der Waals surface area contributed by atoms with Gasteiger partial charge in [-0.1, -0.05) is 48.5 Å². The number of para-hydroxylation sites is 3. The molecule has 0 aliphatic rings. The number of rotatable bonds is 5. The molecule has 0 spiro atoms. The number of halogens is 1. The highest BCUT2D eigenvalue weighted by molar-refractivity contribution is 5.76. The first kappa shape index (κ1) is 16.3. The second-order valence-electron chi connectivity index (χ2n) is 6.21. The molecule has 1 aromatic heterocycles. The third-order valence-corrected chi connectivity index (χ3v) is 4.39. The molecule has 4 heteroatoms. The van der Waals surface area contributed by atoms with Crippen LogP contribution in [0.2, 0.25) is 0 Å². The van der Waals surface area contributed by atoms with Crippen molar-refractivity contribution in [3.63, 3.8) is 0 Å². The van der Waals surface area contributed by atoms with E-state index in [1.807, 2.05) is 72.2 Å². The number of benzene rings is 3. The molecule has 1 heterocycles. The second-order valence-corrected chi connectivity index (χ2v) is 6.21. The van der Waals surface area contributed by atoms with E-state index >= 15 is 0 Å². The van der Waals surface area contributed by atoms with Crippen LogP contribution in [0.25, 0.3) is 11.0 Å². The minimum atomic E-state index is -0.267. The van der Waals surface area contributed by atoms with Crippen molar-refractivity contribution >= 4 is 11.0 Å². The molecule has 0 radical (unpaired) electrons. The Balaban J connectivity index is 1.75. The summed E-state index contributed by atoms with van der Waals surface area (Å²) in [5, 5.41) is 0. The minimum Gasteiger partial charge on any atom is -0.483 e. The van der Waals surface area contributed by atoms with Crippen molar-refractivity contribution in [3.8, 4) is 5.75 Å². The van der Waals surface area contributed by atoms with Crippen molar-refractivity contribution in [3.05, 3.63) is 96.1 Å². The van der Waals surface area contributed by atoms with E-state index in [1.54, 1.807) is 12.1 Å². The normalized spacial score (nSPS) is 12.2. The summed E-state index contributed by atoms with van der Waals surface area (Å²) in [5.74, 6) is 1.34. The highest BCUT2D eigenvalue weighted by Crippen LogP contribution is 2.26. The van der Waals surface area contributed by atoms with Gasteiger partial charge in [-0.05, 0) is 37.3 Å². The predicted octanol–water partition coefficient (Wildman–Crippen LogP) is 5.36. The first-order valence-corrected chi connectivity index (χ1v) is 8.62. The van der Waals surface area contributed by atoms with Gasteiger partial charge in [0.1, 0.15) is 11.6 Å². The molecule has 0 bridgehead atoms. The molecule has 4 rings (SSSR count). The summed E-state index contributed by atoms with van der Waals surface area (Å²) in [4.78, 5) is 4.75.